The van der Waals surface area contributed by atoms with Crippen molar-refractivity contribution in [3.63, 3.8) is 0 Å². The average molecular weight is 394 g/mol. The number of ether oxygens (including phenoxy) is 2. The summed E-state index contributed by atoms with van der Waals surface area (Å²) in [6, 6.07) is 13.8. The van der Waals surface area contributed by atoms with Crippen LogP contribution in [0.25, 0.3) is 11.3 Å². The van der Waals surface area contributed by atoms with Gasteiger partial charge in [-0.1, -0.05) is 24.3 Å². The van der Waals surface area contributed by atoms with Gasteiger partial charge in [0, 0.05) is 10.9 Å². The summed E-state index contributed by atoms with van der Waals surface area (Å²) in [7, 11) is 3.25. The number of carbonyl (C=O) groups is 1. The van der Waals surface area contributed by atoms with Crippen molar-refractivity contribution in [2.45, 2.75) is 25.2 Å². The second-order valence-corrected chi connectivity index (χ2v) is 7.60. The van der Waals surface area contributed by atoms with Gasteiger partial charge in [0.15, 0.2) is 5.13 Å². The smallest absolute Gasteiger partial charge is 0.233 e. The zero-order valence-corrected chi connectivity index (χ0v) is 16.7. The van der Waals surface area contributed by atoms with Gasteiger partial charge in [0.1, 0.15) is 11.5 Å². The molecule has 1 heterocycles. The van der Waals surface area contributed by atoms with Gasteiger partial charge >= 0.3 is 0 Å². The van der Waals surface area contributed by atoms with Crippen molar-refractivity contribution in [2.75, 3.05) is 19.5 Å². The summed E-state index contributed by atoms with van der Waals surface area (Å²) in [6.07, 6.45) is 2.93. The Morgan fingerprint density at radius 2 is 2.04 bits per heavy atom. The summed E-state index contributed by atoms with van der Waals surface area (Å²) < 4.78 is 10.8. The number of nitrogens with zero attached hydrogens (tertiary/aromatic N) is 1. The first kappa shape index (κ1) is 18.5. The highest BCUT2D eigenvalue weighted by Gasteiger charge is 2.26. The van der Waals surface area contributed by atoms with E-state index in [9.17, 15) is 4.79 Å². The number of aromatic nitrogens is 1. The fraction of sp³-hybridized carbons (Fsp3) is 0.273. The van der Waals surface area contributed by atoms with Crippen LogP contribution in [-0.2, 0) is 11.2 Å². The Kier molecular flexibility index (Phi) is 5.30. The van der Waals surface area contributed by atoms with E-state index < -0.39 is 0 Å². The molecule has 28 heavy (non-hydrogen) atoms. The molecule has 0 saturated heterocycles. The number of benzene rings is 2. The van der Waals surface area contributed by atoms with Crippen LogP contribution in [0.15, 0.2) is 47.8 Å². The summed E-state index contributed by atoms with van der Waals surface area (Å²) in [5.41, 5.74) is 3.99. The summed E-state index contributed by atoms with van der Waals surface area (Å²) in [5.74, 6) is 1.33. The maximum Gasteiger partial charge on any atom is 0.233 e. The number of nitrogens with one attached hydrogen (secondary N) is 1. The minimum atomic E-state index is -0.122. The number of methoxy groups -OCH3 is 2. The quantitative estimate of drug-likeness (QED) is 0.670. The molecule has 1 aromatic heterocycles. The fourth-order valence-electron chi connectivity index (χ4n) is 3.69. The maximum atomic E-state index is 12.9. The van der Waals surface area contributed by atoms with Crippen molar-refractivity contribution in [2.24, 2.45) is 0 Å². The van der Waals surface area contributed by atoms with E-state index in [-0.39, 0.29) is 11.8 Å². The lowest BCUT2D eigenvalue weighted by Crippen LogP contribution is -2.24. The van der Waals surface area contributed by atoms with Crippen LogP contribution in [0, 0.1) is 0 Å². The number of aryl methyl sites for hydroxylation is 1. The molecule has 0 radical (unpaired) electrons. The fourth-order valence-corrected chi connectivity index (χ4v) is 4.40. The summed E-state index contributed by atoms with van der Waals surface area (Å²) in [5, 5.41) is 5.51. The molecule has 0 bridgehead atoms. The third kappa shape index (κ3) is 3.60. The lowest BCUT2D eigenvalue weighted by atomic mass is 9.82. The first-order valence-electron chi connectivity index (χ1n) is 9.26. The van der Waals surface area contributed by atoms with Gasteiger partial charge in [-0.3, -0.25) is 4.79 Å². The van der Waals surface area contributed by atoms with Crippen LogP contribution in [0.2, 0.25) is 0 Å². The average Bonchev–Trinajstić information content (AvgIpc) is 3.21. The van der Waals surface area contributed by atoms with Gasteiger partial charge in [-0.15, -0.1) is 11.3 Å². The van der Waals surface area contributed by atoms with E-state index in [0.717, 1.165) is 41.8 Å². The highest BCUT2D eigenvalue weighted by molar-refractivity contribution is 7.14. The Morgan fingerprint density at radius 1 is 1.18 bits per heavy atom. The number of amides is 1. The van der Waals surface area contributed by atoms with E-state index in [4.69, 9.17) is 9.47 Å². The largest absolute Gasteiger partial charge is 0.497 e. The highest BCUT2D eigenvalue weighted by atomic mass is 32.1. The van der Waals surface area contributed by atoms with Crippen LogP contribution in [0.4, 0.5) is 5.13 Å². The number of thiazole rings is 1. The van der Waals surface area contributed by atoms with Gasteiger partial charge in [-0.05, 0) is 48.6 Å². The molecule has 1 atom stereocenters. The number of fused-ring (bicyclic) bond motifs is 1. The Bertz CT molecular complexity index is 999. The first-order valence-corrected chi connectivity index (χ1v) is 10.1. The molecule has 6 heteroatoms. The highest BCUT2D eigenvalue weighted by Crippen LogP contribution is 2.36. The molecule has 0 spiro atoms. The molecule has 3 aromatic rings. The molecule has 0 aliphatic heterocycles. The molecule has 1 aliphatic rings. The van der Waals surface area contributed by atoms with Gasteiger partial charge in [-0.25, -0.2) is 4.98 Å². The topological polar surface area (TPSA) is 60.5 Å². The second-order valence-electron chi connectivity index (χ2n) is 6.74. The maximum absolute atomic E-state index is 12.9. The van der Waals surface area contributed by atoms with E-state index in [1.165, 1.54) is 16.9 Å². The summed E-state index contributed by atoms with van der Waals surface area (Å²) >= 11 is 1.41. The normalized spacial score (nSPS) is 15.6. The Hall–Kier alpha value is -2.86. The van der Waals surface area contributed by atoms with E-state index in [1.54, 1.807) is 14.2 Å². The number of rotatable bonds is 5. The van der Waals surface area contributed by atoms with Crippen LogP contribution in [0.3, 0.4) is 0 Å². The van der Waals surface area contributed by atoms with Crippen LogP contribution >= 0.6 is 11.3 Å². The molecule has 144 valence electrons. The molecule has 2 aromatic carbocycles. The molecule has 1 aliphatic carbocycles. The van der Waals surface area contributed by atoms with Gasteiger partial charge < -0.3 is 14.8 Å². The molecule has 5 nitrogen and oxygen atoms in total. The number of hydrogen-bond donors (Lipinski definition) is 1. The van der Waals surface area contributed by atoms with E-state index in [1.807, 2.05) is 35.7 Å². The van der Waals surface area contributed by atoms with E-state index in [0.29, 0.717) is 10.9 Å². The standard InChI is InChI=1S/C22H22N2O3S/c1-26-15-10-11-20(27-2)18(12-15)19-13-28-22(23-19)24-21(25)17-9-5-7-14-6-3-4-8-16(14)17/h3-4,6,8,10-13,17H,5,7,9H2,1-2H3,(H,23,24,25). The van der Waals surface area contributed by atoms with Crippen molar-refractivity contribution in [1.82, 2.24) is 4.98 Å². The molecule has 0 fully saturated rings. The molecular formula is C22H22N2O3S. The van der Waals surface area contributed by atoms with E-state index >= 15 is 0 Å². The number of carbonyl (C=O) groups excluding carboxylic acids is 1. The van der Waals surface area contributed by atoms with Gasteiger partial charge in [0.05, 0.1) is 25.8 Å². The predicted molar refractivity (Wildman–Crippen MR) is 111 cm³/mol. The Balaban J connectivity index is 1.56. The second kappa shape index (κ2) is 8.02. The van der Waals surface area contributed by atoms with Gasteiger partial charge in [0.25, 0.3) is 0 Å². The molecule has 4 rings (SSSR count). The Labute approximate surface area is 168 Å². The van der Waals surface area contributed by atoms with Crippen LogP contribution in [0.1, 0.15) is 29.9 Å². The number of hydrogen-bond acceptors (Lipinski definition) is 5. The van der Waals surface area contributed by atoms with Gasteiger partial charge in [0.2, 0.25) is 5.91 Å². The minimum Gasteiger partial charge on any atom is -0.497 e. The van der Waals surface area contributed by atoms with Crippen LogP contribution < -0.4 is 14.8 Å². The molecule has 1 unspecified atom stereocenters. The monoisotopic (exact) mass is 394 g/mol. The third-order valence-corrected chi connectivity index (χ3v) is 5.86. The van der Waals surface area contributed by atoms with Crippen molar-refractivity contribution in [3.05, 3.63) is 59.0 Å². The summed E-state index contributed by atoms with van der Waals surface area (Å²) in [6.45, 7) is 0. The van der Waals surface area contributed by atoms with Crippen molar-refractivity contribution >= 4 is 22.4 Å². The Morgan fingerprint density at radius 3 is 2.86 bits per heavy atom. The number of anilines is 1. The SMILES string of the molecule is COc1ccc(OC)c(-c2csc(NC(=O)C3CCCc4ccccc43)n2)c1. The van der Waals surface area contributed by atoms with Crippen LogP contribution in [0.5, 0.6) is 11.5 Å². The van der Waals surface area contributed by atoms with Crippen molar-refractivity contribution in [1.29, 1.82) is 0 Å². The van der Waals surface area contributed by atoms with E-state index in [2.05, 4.69) is 22.4 Å². The predicted octanol–water partition coefficient (Wildman–Crippen LogP) is 4.89. The zero-order valence-electron chi connectivity index (χ0n) is 15.9. The van der Waals surface area contributed by atoms with Crippen LogP contribution in [-0.4, -0.2) is 25.1 Å². The minimum absolute atomic E-state index is 0.00524. The molecule has 1 amide bonds. The third-order valence-electron chi connectivity index (χ3n) is 5.10. The molecular weight excluding hydrogens is 372 g/mol. The summed E-state index contributed by atoms with van der Waals surface area (Å²) in [4.78, 5) is 17.5. The lowest BCUT2D eigenvalue weighted by Gasteiger charge is -2.24. The first-order chi connectivity index (χ1) is 13.7. The molecule has 1 N–H and O–H groups in total. The zero-order chi connectivity index (χ0) is 19.5. The lowest BCUT2D eigenvalue weighted by molar-refractivity contribution is -0.117. The van der Waals surface area contributed by atoms with Crippen molar-refractivity contribution < 1.29 is 14.3 Å². The van der Waals surface area contributed by atoms with Gasteiger partial charge in [-0.2, -0.15) is 0 Å². The molecule has 0 saturated carbocycles. The van der Waals surface area contributed by atoms with Crippen molar-refractivity contribution in [3.8, 4) is 22.8 Å².